The summed E-state index contributed by atoms with van der Waals surface area (Å²) in [4.78, 5) is 43.8. The Morgan fingerprint density at radius 3 is 2.60 bits per heavy atom. The largest absolute Gasteiger partial charge is 0.370 e. The van der Waals surface area contributed by atoms with Gasteiger partial charge >= 0.3 is 0 Å². The van der Waals surface area contributed by atoms with Crippen molar-refractivity contribution in [3.05, 3.63) is 70.9 Å². The van der Waals surface area contributed by atoms with E-state index in [1.54, 1.807) is 6.07 Å². The molecule has 0 radical (unpaired) electrons. The highest BCUT2D eigenvalue weighted by atomic mass is 16.2. The van der Waals surface area contributed by atoms with Crippen LogP contribution in [-0.4, -0.2) is 35.7 Å². The first-order valence-electron chi connectivity index (χ1n) is 15.7. The molecule has 3 aliphatic rings. The summed E-state index contributed by atoms with van der Waals surface area (Å²) in [5.41, 5.74) is 13.6. The van der Waals surface area contributed by atoms with Gasteiger partial charge in [-0.25, -0.2) is 4.98 Å². The number of amides is 2. The zero-order chi connectivity index (χ0) is 29.9. The van der Waals surface area contributed by atoms with Gasteiger partial charge in [0.05, 0.1) is 6.42 Å². The highest BCUT2D eigenvalue weighted by Crippen LogP contribution is 2.33. The van der Waals surface area contributed by atoms with E-state index in [4.69, 9.17) is 10.7 Å². The molecule has 2 amide bonds. The van der Waals surface area contributed by atoms with Crippen molar-refractivity contribution in [3.8, 4) is 11.1 Å². The molecule has 5 N–H and O–H groups in total. The number of hydrogen-bond acceptors (Lipinski definition) is 6. The number of ketones is 1. The maximum atomic E-state index is 13.7. The maximum Gasteiger partial charge on any atom is 0.228 e. The fourth-order valence-corrected chi connectivity index (χ4v) is 6.80. The number of carbonyl (C=O) groups is 3. The third-order valence-electron chi connectivity index (χ3n) is 9.41. The van der Waals surface area contributed by atoms with E-state index in [0.29, 0.717) is 31.0 Å². The molecule has 8 nitrogen and oxygen atoms in total. The van der Waals surface area contributed by atoms with Crippen molar-refractivity contribution in [2.24, 2.45) is 23.5 Å². The highest BCUT2D eigenvalue weighted by Gasteiger charge is 2.30. The normalized spacial score (nSPS) is 19.9. The number of pyridine rings is 1. The molecular weight excluding hydrogens is 538 g/mol. The van der Waals surface area contributed by atoms with Crippen LogP contribution < -0.4 is 21.7 Å². The van der Waals surface area contributed by atoms with E-state index < -0.39 is 5.92 Å². The van der Waals surface area contributed by atoms with Gasteiger partial charge in [0.2, 0.25) is 11.8 Å². The number of hydrogen-bond donors (Lipinski definition) is 4. The van der Waals surface area contributed by atoms with E-state index in [9.17, 15) is 14.4 Å². The van der Waals surface area contributed by atoms with Crippen LogP contribution in [0.5, 0.6) is 0 Å². The molecule has 1 aromatic heterocycles. The molecule has 0 saturated heterocycles. The van der Waals surface area contributed by atoms with Crippen LogP contribution in [0.1, 0.15) is 60.9 Å². The predicted octanol–water partition coefficient (Wildman–Crippen LogP) is 5.43. The Morgan fingerprint density at radius 1 is 1.05 bits per heavy atom. The lowest BCUT2D eigenvalue weighted by atomic mass is 9.77. The Bertz CT molecular complexity index is 1530. The first-order valence-corrected chi connectivity index (χ1v) is 15.7. The minimum atomic E-state index is -0.508. The van der Waals surface area contributed by atoms with Gasteiger partial charge in [0.15, 0.2) is 0 Å². The fraction of sp³-hybridized carbons (Fsp3) is 0.429. The lowest BCUT2D eigenvalue weighted by Gasteiger charge is -2.27. The summed E-state index contributed by atoms with van der Waals surface area (Å²) in [6.45, 7) is 3.67. The SMILES string of the molecule is Cc1nc2c(cc1-c1ccc(C[C@H](CC(=O)C3CCC(CN)CC3)C(=O)Nc3ccc4c(c3)NC(=O)C4)cc1)CCCN2. The second-order valence-electron chi connectivity index (χ2n) is 12.5. The van der Waals surface area contributed by atoms with E-state index >= 15 is 0 Å². The molecule has 224 valence electrons. The van der Waals surface area contributed by atoms with Gasteiger partial charge in [-0.2, -0.15) is 0 Å². The average molecular weight is 580 g/mol. The number of rotatable bonds is 9. The summed E-state index contributed by atoms with van der Waals surface area (Å²) in [5, 5.41) is 9.27. The number of anilines is 3. The number of Topliss-reactive ketones (excluding diaryl/α,β-unsaturated/α-hetero) is 1. The van der Waals surface area contributed by atoms with Crippen molar-refractivity contribution >= 4 is 34.8 Å². The summed E-state index contributed by atoms with van der Waals surface area (Å²) >= 11 is 0. The highest BCUT2D eigenvalue weighted by molar-refractivity contribution is 6.01. The van der Waals surface area contributed by atoms with E-state index in [1.807, 2.05) is 19.1 Å². The molecule has 3 aromatic rings. The summed E-state index contributed by atoms with van der Waals surface area (Å²) in [6.07, 6.45) is 6.77. The molecule has 0 spiro atoms. The molecule has 2 aliphatic heterocycles. The third-order valence-corrected chi connectivity index (χ3v) is 9.41. The summed E-state index contributed by atoms with van der Waals surface area (Å²) in [5.74, 6) is 0.901. The molecule has 6 rings (SSSR count). The van der Waals surface area contributed by atoms with Gasteiger partial charge < -0.3 is 21.7 Å². The topological polar surface area (TPSA) is 126 Å². The number of aromatic nitrogens is 1. The van der Waals surface area contributed by atoms with Crippen LogP contribution in [0.15, 0.2) is 48.5 Å². The number of nitrogens with one attached hydrogen (secondary N) is 3. The van der Waals surface area contributed by atoms with Crippen LogP contribution in [0.25, 0.3) is 11.1 Å². The standard InChI is InChI=1S/C35H41N5O3/c1-21-30(16-27-3-2-14-37-34(27)38-21)24-8-4-22(5-9-24)15-28(17-32(41)25-10-6-23(20-36)7-11-25)35(43)39-29-13-12-26-18-33(42)40-31(26)19-29/h4-5,8-9,12-13,16,19,23,25,28H,2-3,6-7,10-11,14-15,17-18,20,36H2,1H3,(H,37,38)(H,39,43)(H,40,42)/t23?,25?,28-/m1/s1. The lowest BCUT2D eigenvalue weighted by molar-refractivity contribution is -0.129. The molecule has 1 aliphatic carbocycles. The van der Waals surface area contributed by atoms with Crippen LogP contribution in [0.3, 0.4) is 0 Å². The van der Waals surface area contributed by atoms with Crippen LogP contribution in [-0.2, 0) is 33.6 Å². The van der Waals surface area contributed by atoms with Crippen molar-refractivity contribution in [3.63, 3.8) is 0 Å². The van der Waals surface area contributed by atoms with Crippen LogP contribution in [0.2, 0.25) is 0 Å². The Hall–Kier alpha value is -4.04. The van der Waals surface area contributed by atoms with Crippen LogP contribution >= 0.6 is 0 Å². The second-order valence-corrected chi connectivity index (χ2v) is 12.5. The maximum absolute atomic E-state index is 13.7. The van der Waals surface area contributed by atoms with E-state index in [0.717, 1.165) is 84.5 Å². The number of aryl methyl sites for hydroxylation is 2. The van der Waals surface area contributed by atoms with Gasteiger partial charge in [0.1, 0.15) is 11.6 Å². The third kappa shape index (κ3) is 6.64. The van der Waals surface area contributed by atoms with Gasteiger partial charge in [-0.3, -0.25) is 14.4 Å². The first-order chi connectivity index (χ1) is 20.9. The molecule has 2 aromatic carbocycles. The molecule has 0 unspecified atom stereocenters. The smallest absolute Gasteiger partial charge is 0.228 e. The van der Waals surface area contributed by atoms with Gasteiger partial charge in [0.25, 0.3) is 0 Å². The average Bonchev–Trinajstić information content (AvgIpc) is 3.40. The monoisotopic (exact) mass is 579 g/mol. The van der Waals surface area contributed by atoms with E-state index in [-0.39, 0.29) is 29.9 Å². The van der Waals surface area contributed by atoms with E-state index in [2.05, 4.69) is 46.3 Å². The van der Waals surface area contributed by atoms with E-state index in [1.165, 1.54) is 5.56 Å². The summed E-state index contributed by atoms with van der Waals surface area (Å²) in [6, 6.07) is 16.0. The number of nitrogens with two attached hydrogens (primary N) is 1. The molecule has 3 heterocycles. The van der Waals surface area contributed by atoms with Crippen molar-refractivity contribution in [2.45, 2.75) is 64.7 Å². The number of nitrogens with zero attached hydrogens (tertiary/aromatic N) is 1. The minimum Gasteiger partial charge on any atom is -0.370 e. The molecular formula is C35H41N5O3. The summed E-state index contributed by atoms with van der Waals surface area (Å²) < 4.78 is 0. The Kier molecular flexibility index (Phi) is 8.56. The Labute approximate surface area is 253 Å². The first kappa shape index (κ1) is 29.1. The quantitative estimate of drug-likeness (QED) is 0.268. The molecule has 1 atom stereocenters. The molecule has 1 saturated carbocycles. The molecule has 1 fully saturated rings. The number of benzene rings is 2. The Morgan fingerprint density at radius 2 is 1.84 bits per heavy atom. The fourth-order valence-electron chi connectivity index (χ4n) is 6.80. The predicted molar refractivity (Wildman–Crippen MR) is 170 cm³/mol. The van der Waals surface area contributed by atoms with Crippen molar-refractivity contribution in [2.75, 3.05) is 29.0 Å². The van der Waals surface area contributed by atoms with Gasteiger partial charge in [0, 0.05) is 47.4 Å². The number of carbonyl (C=O) groups excluding carboxylic acids is 3. The summed E-state index contributed by atoms with van der Waals surface area (Å²) in [7, 11) is 0. The van der Waals surface area contributed by atoms with Crippen molar-refractivity contribution in [1.82, 2.24) is 4.98 Å². The van der Waals surface area contributed by atoms with Gasteiger partial charge in [-0.15, -0.1) is 0 Å². The van der Waals surface area contributed by atoms with Crippen molar-refractivity contribution in [1.29, 1.82) is 0 Å². The van der Waals surface area contributed by atoms with Crippen LogP contribution in [0, 0.1) is 24.7 Å². The van der Waals surface area contributed by atoms with Gasteiger partial charge in [-0.1, -0.05) is 30.3 Å². The Balaban J connectivity index is 1.19. The molecule has 43 heavy (non-hydrogen) atoms. The molecule has 8 heteroatoms. The molecule has 0 bridgehead atoms. The number of fused-ring (bicyclic) bond motifs is 2. The minimum absolute atomic E-state index is 0.00958. The lowest BCUT2D eigenvalue weighted by Crippen LogP contribution is -2.31. The zero-order valence-corrected chi connectivity index (χ0v) is 24.9. The zero-order valence-electron chi connectivity index (χ0n) is 24.9. The van der Waals surface area contributed by atoms with Crippen molar-refractivity contribution < 1.29 is 14.4 Å². The van der Waals surface area contributed by atoms with Crippen LogP contribution in [0.4, 0.5) is 17.2 Å². The second kappa shape index (κ2) is 12.7. The van der Waals surface area contributed by atoms with Gasteiger partial charge in [-0.05, 0) is 105 Å².